The fourth-order valence-corrected chi connectivity index (χ4v) is 0.715. The summed E-state index contributed by atoms with van der Waals surface area (Å²) in [5.74, 6) is -1.27. The number of hydrogen-bond acceptors (Lipinski definition) is 4. The summed E-state index contributed by atoms with van der Waals surface area (Å²) in [6.07, 6.45) is -1.25. The smallest absolute Gasteiger partial charge is 0.323 e. The number of carbonyl (C=O) groups is 1. The number of aliphatic hydroxyl groups excluding tert-OH is 2. The van der Waals surface area contributed by atoms with E-state index in [1.165, 1.54) is 0 Å². The van der Waals surface area contributed by atoms with Crippen LogP contribution in [0.1, 0.15) is 13.8 Å². The lowest BCUT2D eigenvalue weighted by Crippen LogP contribution is -2.50. The number of rotatable bonds is 4. The number of hydrogen-bond donors (Lipinski definition) is 4. The van der Waals surface area contributed by atoms with Crippen LogP contribution in [0.4, 0.5) is 0 Å². The van der Waals surface area contributed by atoms with Gasteiger partial charge in [-0.25, -0.2) is 0 Å². The van der Waals surface area contributed by atoms with Crippen LogP contribution in [-0.2, 0) is 4.79 Å². The van der Waals surface area contributed by atoms with E-state index in [0.717, 1.165) is 0 Å². The summed E-state index contributed by atoms with van der Waals surface area (Å²) in [5.41, 5.74) is 4.27. The summed E-state index contributed by atoms with van der Waals surface area (Å²) in [6, 6.07) is -1.35. The third kappa shape index (κ3) is 2.44. The minimum absolute atomic E-state index is 0.310. The normalized spacial score (nSPS) is 17.1. The van der Waals surface area contributed by atoms with Crippen molar-refractivity contribution in [1.29, 1.82) is 0 Å². The first kappa shape index (κ1) is 11.4. The van der Waals surface area contributed by atoms with Crippen LogP contribution in [0.25, 0.3) is 0 Å². The molecule has 2 atom stereocenters. The second kappa shape index (κ2) is 3.84. The predicted octanol–water partition coefficient (Wildman–Crippen LogP) is -1.22. The first-order valence-electron chi connectivity index (χ1n) is 3.60. The van der Waals surface area contributed by atoms with E-state index in [1.807, 2.05) is 0 Å². The molecule has 0 rings (SSSR count). The van der Waals surface area contributed by atoms with E-state index in [2.05, 4.69) is 0 Å². The number of carboxylic acid groups (broad SMARTS) is 1. The van der Waals surface area contributed by atoms with Gasteiger partial charge < -0.3 is 21.1 Å². The van der Waals surface area contributed by atoms with E-state index in [1.54, 1.807) is 13.8 Å². The lowest BCUT2D eigenvalue weighted by atomic mass is 9.84. The molecular weight excluding hydrogens is 162 g/mol. The Hall–Kier alpha value is -0.650. The second-order valence-electron chi connectivity index (χ2n) is 3.46. The molecule has 0 spiro atoms. The largest absolute Gasteiger partial charge is 0.480 e. The first-order chi connectivity index (χ1) is 5.33. The van der Waals surface area contributed by atoms with E-state index in [4.69, 9.17) is 15.9 Å². The third-order valence-electron chi connectivity index (χ3n) is 1.83. The Bertz CT molecular complexity index is 169. The van der Waals surface area contributed by atoms with Gasteiger partial charge in [-0.1, -0.05) is 13.8 Å². The zero-order valence-electron chi connectivity index (χ0n) is 7.19. The molecule has 0 radical (unpaired) electrons. The molecule has 0 bridgehead atoms. The van der Waals surface area contributed by atoms with Gasteiger partial charge in [0.25, 0.3) is 0 Å². The summed E-state index contributed by atoms with van der Waals surface area (Å²) in [7, 11) is 0. The van der Waals surface area contributed by atoms with Crippen LogP contribution < -0.4 is 5.73 Å². The fraction of sp³-hybridized carbons (Fsp3) is 0.857. The highest BCUT2D eigenvalue weighted by Gasteiger charge is 2.35. The van der Waals surface area contributed by atoms with E-state index in [9.17, 15) is 9.90 Å². The second-order valence-corrected chi connectivity index (χ2v) is 3.46. The zero-order chi connectivity index (χ0) is 9.94. The minimum Gasteiger partial charge on any atom is -0.480 e. The average Bonchev–Trinajstić information content (AvgIpc) is 2.01. The quantitative estimate of drug-likeness (QED) is 0.431. The van der Waals surface area contributed by atoms with Crippen LogP contribution in [0, 0.1) is 5.41 Å². The molecule has 0 aromatic rings. The van der Waals surface area contributed by atoms with Crippen LogP contribution in [0.5, 0.6) is 0 Å². The van der Waals surface area contributed by atoms with Gasteiger partial charge in [0.05, 0.1) is 12.7 Å². The highest BCUT2D eigenvalue weighted by Crippen LogP contribution is 2.21. The topological polar surface area (TPSA) is 104 Å². The maximum Gasteiger partial charge on any atom is 0.323 e. The Kier molecular flexibility index (Phi) is 3.63. The SMILES string of the molecule is CC(C)(CO)C(O)C(N)C(=O)O. The number of nitrogens with two attached hydrogens (primary N) is 1. The molecule has 0 aliphatic carbocycles. The van der Waals surface area contributed by atoms with Crippen LogP contribution >= 0.6 is 0 Å². The van der Waals surface area contributed by atoms with Crippen molar-refractivity contribution in [3.05, 3.63) is 0 Å². The maximum absolute atomic E-state index is 10.3. The molecule has 5 nitrogen and oxygen atoms in total. The van der Waals surface area contributed by atoms with Crippen LogP contribution in [0.15, 0.2) is 0 Å². The van der Waals surface area contributed by atoms with E-state index in [-0.39, 0.29) is 6.61 Å². The van der Waals surface area contributed by atoms with Crippen molar-refractivity contribution in [2.24, 2.45) is 11.1 Å². The van der Waals surface area contributed by atoms with Gasteiger partial charge in [-0.15, -0.1) is 0 Å². The van der Waals surface area contributed by atoms with Crippen LogP contribution in [0.2, 0.25) is 0 Å². The van der Waals surface area contributed by atoms with Crippen molar-refractivity contribution in [1.82, 2.24) is 0 Å². The molecule has 0 saturated heterocycles. The summed E-state index contributed by atoms with van der Waals surface area (Å²) < 4.78 is 0. The number of carboxylic acids is 1. The Morgan fingerprint density at radius 3 is 2.25 bits per heavy atom. The molecule has 12 heavy (non-hydrogen) atoms. The van der Waals surface area contributed by atoms with E-state index in [0.29, 0.717) is 0 Å². The van der Waals surface area contributed by atoms with E-state index >= 15 is 0 Å². The molecule has 0 saturated carbocycles. The molecule has 0 heterocycles. The van der Waals surface area contributed by atoms with Crippen molar-refractivity contribution in [3.63, 3.8) is 0 Å². The summed E-state index contributed by atoms with van der Waals surface area (Å²) in [6.45, 7) is 2.77. The Balaban J connectivity index is 4.37. The Morgan fingerprint density at radius 2 is 2.00 bits per heavy atom. The third-order valence-corrected chi connectivity index (χ3v) is 1.83. The number of aliphatic hydroxyl groups is 2. The highest BCUT2D eigenvalue weighted by molar-refractivity contribution is 5.74. The van der Waals surface area contributed by atoms with Crippen LogP contribution in [-0.4, -0.2) is 40.0 Å². The van der Waals surface area contributed by atoms with Crippen molar-refractivity contribution in [2.45, 2.75) is 26.0 Å². The average molecular weight is 177 g/mol. The van der Waals surface area contributed by atoms with Gasteiger partial charge in [0, 0.05) is 5.41 Å². The summed E-state index contributed by atoms with van der Waals surface area (Å²) in [5, 5.41) is 26.6. The van der Waals surface area contributed by atoms with Gasteiger partial charge in [-0.3, -0.25) is 4.79 Å². The molecule has 0 fully saturated rings. The lowest BCUT2D eigenvalue weighted by Gasteiger charge is -2.30. The molecule has 0 aliphatic rings. The Morgan fingerprint density at radius 1 is 1.58 bits per heavy atom. The van der Waals surface area contributed by atoms with Gasteiger partial charge in [-0.2, -0.15) is 0 Å². The Labute approximate surface area is 70.8 Å². The van der Waals surface area contributed by atoms with Gasteiger partial charge in [0.1, 0.15) is 6.04 Å². The molecule has 5 heteroatoms. The fourth-order valence-electron chi connectivity index (χ4n) is 0.715. The molecule has 5 N–H and O–H groups in total. The molecule has 0 aromatic carbocycles. The van der Waals surface area contributed by atoms with Crippen LogP contribution in [0.3, 0.4) is 0 Å². The van der Waals surface area contributed by atoms with Crippen molar-refractivity contribution in [2.75, 3.05) is 6.61 Å². The van der Waals surface area contributed by atoms with Crippen molar-refractivity contribution in [3.8, 4) is 0 Å². The first-order valence-corrected chi connectivity index (χ1v) is 3.60. The predicted molar refractivity (Wildman–Crippen MR) is 42.5 cm³/mol. The standard InChI is InChI=1S/C7H15NO4/c1-7(2,3-9)5(10)4(8)6(11)12/h4-5,9-10H,3,8H2,1-2H3,(H,11,12). The highest BCUT2D eigenvalue weighted by atomic mass is 16.4. The number of aliphatic carboxylic acids is 1. The van der Waals surface area contributed by atoms with Crippen molar-refractivity contribution >= 4 is 5.97 Å². The van der Waals surface area contributed by atoms with Gasteiger partial charge >= 0.3 is 5.97 Å². The molecule has 72 valence electrons. The molecule has 0 aliphatic heterocycles. The lowest BCUT2D eigenvalue weighted by molar-refractivity contribution is -0.144. The van der Waals surface area contributed by atoms with Gasteiger partial charge in [-0.05, 0) is 0 Å². The zero-order valence-corrected chi connectivity index (χ0v) is 7.19. The minimum atomic E-state index is -1.35. The molecule has 0 aromatic heterocycles. The maximum atomic E-state index is 10.3. The monoisotopic (exact) mass is 177 g/mol. The van der Waals surface area contributed by atoms with Gasteiger partial charge in [0.15, 0.2) is 0 Å². The van der Waals surface area contributed by atoms with Gasteiger partial charge in [0.2, 0.25) is 0 Å². The van der Waals surface area contributed by atoms with Crippen molar-refractivity contribution < 1.29 is 20.1 Å². The molecule has 2 unspecified atom stereocenters. The molecule has 0 amide bonds. The van der Waals surface area contributed by atoms with E-state index < -0.39 is 23.5 Å². The molecular formula is C7H15NO4. The summed E-state index contributed by atoms with van der Waals surface area (Å²) >= 11 is 0. The summed E-state index contributed by atoms with van der Waals surface area (Å²) in [4.78, 5) is 10.3.